The van der Waals surface area contributed by atoms with E-state index < -0.39 is 0 Å². The minimum absolute atomic E-state index is 0.722. The Bertz CT molecular complexity index is 95.4. The molecule has 0 unspecified atom stereocenters. The number of hydrogen-bond donors (Lipinski definition) is 0. The summed E-state index contributed by atoms with van der Waals surface area (Å²) in [4.78, 5) is 0. The minimum atomic E-state index is 0.722. The number of unbranched alkanes of at least 4 members (excludes halogenated alkanes) is 1. The maximum absolute atomic E-state index is 4.95. The molecule has 0 spiro atoms. The van der Waals surface area contributed by atoms with Crippen LogP contribution in [0.15, 0.2) is 0 Å². The Kier molecular flexibility index (Phi) is 19.7. The molecule has 0 N–H and O–H groups in total. The standard InChI is InChI=1S/C8H18O2.C5H12O/c1-8(4-6-9-2)5-7-10-3;1-3-4-5-6-2/h8H,4-7H2,1-3H3;3-5H2,1-2H3. The Morgan fingerprint density at radius 1 is 0.812 bits per heavy atom. The SMILES string of the molecule is CCCCOC.COCCC(C)CCOC. The van der Waals surface area contributed by atoms with Gasteiger partial charge in [0, 0.05) is 41.2 Å². The summed E-state index contributed by atoms with van der Waals surface area (Å²) in [7, 11) is 5.21. The van der Waals surface area contributed by atoms with Crippen LogP contribution in [-0.4, -0.2) is 41.2 Å². The van der Waals surface area contributed by atoms with Crippen LogP contribution in [0, 0.1) is 5.92 Å². The molecule has 3 heteroatoms. The molecular weight excluding hydrogens is 204 g/mol. The molecule has 0 fully saturated rings. The third kappa shape index (κ3) is 19.5. The van der Waals surface area contributed by atoms with Crippen molar-refractivity contribution in [2.75, 3.05) is 41.2 Å². The van der Waals surface area contributed by atoms with E-state index >= 15 is 0 Å². The van der Waals surface area contributed by atoms with Gasteiger partial charge in [-0.3, -0.25) is 0 Å². The van der Waals surface area contributed by atoms with Crippen LogP contribution in [0.4, 0.5) is 0 Å². The highest BCUT2D eigenvalue weighted by molar-refractivity contribution is 4.50. The van der Waals surface area contributed by atoms with Gasteiger partial charge in [-0.25, -0.2) is 0 Å². The van der Waals surface area contributed by atoms with E-state index in [0.29, 0.717) is 0 Å². The highest BCUT2D eigenvalue weighted by Crippen LogP contribution is 2.06. The lowest BCUT2D eigenvalue weighted by molar-refractivity contribution is 0.151. The van der Waals surface area contributed by atoms with Gasteiger partial charge in [-0.1, -0.05) is 20.3 Å². The van der Waals surface area contributed by atoms with Crippen LogP contribution < -0.4 is 0 Å². The van der Waals surface area contributed by atoms with Crippen LogP contribution in [0.5, 0.6) is 0 Å². The first-order chi connectivity index (χ1) is 7.72. The molecule has 0 rings (SSSR count). The summed E-state index contributed by atoms with van der Waals surface area (Å²) in [5.41, 5.74) is 0. The fourth-order valence-electron chi connectivity index (χ4n) is 1.07. The zero-order valence-electron chi connectivity index (χ0n) is 11.8. The van der Waals surface area contributed by atoms with Gasteiger partial charge in [-0.15, -0.1) is 0 Å². The van der Waals surface area contributed by atoms with Crippen molar-refractivity contribution in [2.24, 2.45) is 5.92 Å². The van der Waals surface area contributed by atoms with E-state index in [9.17, 15) is 0 Å². The maximum atomic E-state index is 4.95. The molecule has 16 heavy (non-hydrogen) atoms. The molecule has 0 aliphatic carbocycles. The molecule has 0 amide bonds. The van der Waals surface area contributed by atoms with Gasteiger partial charge < -0.3 is 14.2 Å². The Labute approximate surface area is 101 Å². The predicted molar refractivity (Wildman–Crippen MR) is 68.9 cm³/mol. The lowest BCUT2D eigenvalue weighted by Crippen LogP contribution is -2.03. The van der Waals surface area contributed by atoms with E-state index in [1.807, 2.05) is 0 Å². The van der Waals surface area contributed by atoms with E-state index in [0.717, 1.165) is 38.6 Å². The summed E-state index contributed by atoms with van der Waals surface area (Å²) in [6.45, 7) is 7.02. The van der Waals surface area contributed by atoms with Crippen molar-refractivity contribution in [3.63, 3.8) is 0 Å². The molecule has 0 aliphatic heterocycles. The van der Waals surface area contributed by atoms with Crippen molar-refractivity contribution in [1.82, 2.24) is 0 Å². The molecule has 3 nitrogen and oxygen atoms in total. The highest BCUT2D eigenvalue weighted by Gasteiger charge is 1.99. The molecule has 0 aromatic rings. The van der Waals surface area contributed by atoms with E-state index in [-0.39, 0.29) is 0 Å². The smallest absolute Gasteiger partial charge is 0.0464 e. The second kappa shape index (κ2) is 17.3. The van der Waals surface area contributed by atoms with Crippen LogP contribution in [0.25, 0.3) is 0 Å². The molecule has 0 radical (unpaired) electrons. The largest absolute Gasteiger partial charge is 0.385 e. The summed E-state index contributed by atoms with van der Waals surface area (Å²) in [6, 6.07) is 0. The number of rotatable bonds is 9. The maximum Gasteiger partial charge on any atom is 0.0464 e. The van der Waals surface area contributed by atoms with Crippen molar-refractivity contribution >= 4 is 0 Å². The fraction of sp³-hybridized carbons (Fsp3) is 1.00. The Morgan fingerprint density at radius 2 is 1.25 bits per heavy atom. The second-order valence-electron chi connectivity index (χ2n) is 4.01. The van der Waals surface area contributed by atoms with Gasteiger partial charge in [-0.05, 0) is 25.2 Å². The molecule has 0 heterocycles. The van der Waals surface area contributed by atoms with Gasteiger partial charge in [0.05, 0.1) is 0 Å². The highest BCUT2D eigenvalue weighted by atomic mass is 16.5. The zero-order chi connectivity index (χ0) is 12.6. The van der Waals surface area contributed by atoms with E-state index in [4.69, 9.17) is 14.2 Å². The van der Waals surface area contributed by atoms with E-state index in [1.165, 1.54) is 12.8 Å². The lowest BCUT2D eigenvalue weighted by atomic mass is 10.1. The Morgan fingerprint density at radius 3 is 1.50 bits per heavy atom. The number of ether oxygens (including phenoxy) is 3. The molecular formula is C13H30O3. The zero-order valence-corrected chi connectivity index (χ0v) is 11.8. The Hall–Kier alpha value is -0.120. The fourth-order valence-corrected chi connectivity index (χ4v) is 1.07. The van der Waals surface area contributed by atoms with Gasteiger partial charge in [0.1, 0.15) is 0 Å². The molecule has 0 saturated carbocycles. The molecule has 0 aromatic heterocycles. The first kappa shape index (κ1) is 18.3. The average Bonchev–Trinajstić information content (AvgIpc) is 2.32. The molecule has 100 valence electrons. The predicted octanol–water partition coefficient (Wildman–Crippen LogP) is 3.13. The van der Waals surface area contributed by atoms with Gasteiger partial charge in [-0.2, -0.15) is 0 Å². The first-order valence-electron chi connectivity index (χ1n) is 6.19. The lowest BCUT2D eigenvalue weighted by Gasteiger charge is -2.08. The molecule has 0 bridgehead atoms. The number of methoxy groups -OCH3 is 3. The topological polar surface area (TPSA) is 27.7 Å². The molecule has 0 saturated heterocycles. The van der Waals surface area contributed by atoms with Crippen molar-refractivity contribution in [1.29, 1.82) is 0 Å². The van der Waals surface area contributed by atoms with E-state index in [1.54, 1.807) is 21.3 Å². The third-order valence-corrected chi connectivity index (χ3v) is 2.33. The van der Waals surface area contributed by atoms with Gasteiger partial charge in [0.25, 0.3) is 0 Å². The van der Waals surface area contributed by atoms with Gasteiger partial charge >= 0.3 is 0 Å². The summed E-state index contributed by atoms with van der Waals surface area (Å²) in [6.07, 6.45) is 4.70. The van der Waals surface area contributed by atoms with Crippen LogP contribution in [0.1, 0.15) is 39.5 Å². The van der Waals surface area contributed by atoms with Crippen molar-refractivity contribution in [2.45, 2.75) is 39.5 Å². The normalized spacial score (nSPS) is 10.1. The molecule has 0 aliphatic rings. The summed E-state index contributed by atoms with van der Waals surface area (Å²) < 4.78 is 14.7. The van der Waals surface area contributed by atoms with Crippen molar-refractivity contribution in [3.05, 3.63) is 0 Å². The van der Waals surface area contributed by atoms with Crippen LogP contribution >= 0.6 is 0 Å². The quantitative estimate of drug-likeness (QED) is 0.574. The summed E-state index contributed by atoms with van der Waals surface area (Å²) in [5, 5.41) is 0. The van der Waals surface area contributed by atoms with Gasteiger partial charge in [0.15, 0.2) is 0 Å². The van der Waals surface area contributed by atoms with Gasteiger partial charge in [0.2, 0.25) is 0 Å². The monoisotopic (exact) mass is 234 g/mol. The number of hydrogen-bond acceptors (Lipinski definition) is 3. The first-order valence-corrected chi connectivity index (χ1v) is 6.19. The van der Waals surface area contributed by atoms with Crippen LogP contribution in [-0.2, 0) is 14.2 Å². The van der Waals surface area contributed by atoms with Crippen LogP contribution in [0.3, 0.4) is 0 Å². The molecule has 0 aromatic carbocycles. The summed E-state index contributed by atoms with van der Waals surface area (Å²) in [5.74, 6) is 0.722. The minimum Gasteiger partial charge on any atom is -0.385 e. The molecule has 0 atom stereocenters. The van der Waals surface area contributed by atoms with Crippen LogP contribution in [0.2, 0.25) is 0 Å². The summed E-state index contributed by atoms with van der Waals surface area (Å²) >= 11 is 0. The second-order valence-corrected chi connectivity index (χ2v) is 4.01. The van der Waals surface area contributed by atoms with Crippen molar-refractivity contribution < 1.29 is 14.2 Å². The third-order valence-electron chi connectivity index (χ3n) is 2.33. The van der Waals surface area contributed by atoms with E-state index in [2.05, 4.69) is 13.8 Å². The average molecular weight is 234 g/mol. The Balaban J connectivity index is 0. The van der Waals surface area contributed by atoms with Crippen molar-refractivity contribution in [3.8, 4) is 0 Å².